The van der Waals surface area contributed by atoms with Crippen molar-refractivity contribution in [1.29, 1.82) is 0 Å². The largest absolute Gasteiger partial charge is 0.472 e. The van der Waals surface area contributed by atoms with Crippen molar-refractivity contribution >= 4 is 25.5 Å². The Morgan fingerprint density at radius 1 is 1.23 bits per heavy atom. The molecule has 12 nitrogen and oxygen atoms in total. The highest BCUT2D eigenvalue weighted by atomic mass is 31.2. The average molecular weight is 573 g/mol. The van der Waals surface area contributed by atoms with Crippen LogP contribution in [0.2, 0.25) is 0 Å². The zero-order valence-electron chi connectivity index (χ0n) is 21.5. The first-order valence-electron chi connectivity index (χ1n) is 12.1. The molecule has 1 aromatic carbocycles. The summed E-state index contributed by atoms with van der Waals surface area (Å²) < 4.78 is 62.0. The highest BCUT2D eigenvalue weighted by Crippen LogP contribution is 2.47. The van der Waals surface area contributed by atoms with Gasteiger partial charge in [-0.25, -0.2) is 18.1 Å². The predicted molar refractivity (Wildman–Crippen MR) is 133 cm³/mol. The molecule has 39 heavy (non-hydrogen) atoms. The minimum atomic E-state index is -4.65. The average Bonchev–Trinajstić information content (AvgIpc) is 3.16. The third-order valence-electron chi connectivity index (χ3n) is 5.53. The summed E-state index contributed by atoms with van der Waals surface area (Å²) in [7, 11) is -4.65. The number of anilines is 1. The monoisotopic (exact) mass is 573 g/mol. The van der Waals surface area contributed by atoms with Gasteiger partial charge in [0.15, 0.2) is 0 Å². The predicted octanol–water partition coefficient (Wildman–Crippen LogP) is 3.53. The maximum atomic E-state index is 14.7. The molecule has 0 bridgehead atoms. The first-order valence-corrected chi connectivity index (χ1v) is 13.6. The maximum Gasteiger partial charge on any atom is 0.472 e. The second-order valence-corrected chi connectivity index (χ2v) is 10.6. The van der Waals surface area contributed by atoms with Crippen LogP contribution in [0.5, 0.6) is 0 Å². The van der Waals surface area contributed by atoms with Gasteiger partial charge in [-0.1, -0.05) is 25.1 Å². The molecule has 0 saturated carbocycles. The van der Waals surface area contributed by atoms with Gasteiger partial charge >= 0.3 is 19.5 Å². The topological polar surface area (TPSA) is 155 Å². The second kappa shape index (κ2) is 12.9. The van der Waals surface area contributed by atoms with Crippen LogP contribution in [-0.2, 0) is 27.9 Å². The minimum Gasteiger partial charge on any atom is -0.463 e. The molecule has 1 aliphatic heterocycles. The number of phosphoric acid groups is 1. The zero-order chi connectivity index (χ0) is 28.8. The number of nitrogens with zero attached hydrogens (tertiary/aromatic N) is 2. The van der Waals surface area contributed by atoms with E-state index in [1.165, 1.54) is 6.07 Å². The molecule has 0 radical (unpaired) electrons. The Balaban J connectivity index is 1.54. The van der Waals surface area contributed by atoms with E-state index in [-0.39, 0.29) is 24.9 Å². The second-order valence-electron chi connectivity index (χ2n) is 9.17. The Kier molecular flexibility index (Phi) is 10.1. The molecule has 0 spiro atoms. The summed E-state index contributed by atoms with van der Waals surface area (Å²) in [6.07, 6.45) is -3.56. The summed E-state index contributed by atoms with van der Waals surface area (Å²) >= 11 is 0. The van der Waals surface area contributed by atoms with Gasteiger partial charge in [0.2, 0.25) is 6.23 Å². The molecular formula is C24H30F2N3O9P. The van der Waals surface area contributed by atoms with Gasteiger partial charge in [-0.05, 0) is 38.5 Å². The van der Waals surface area contributed by atoms with E-state index in [0.717, 1.165) is 6.20 Å². The number of ether oxygens (including phenoxy) is 2. The highest BCUT2D eigenvalue weighted by Gasteiger charge is 2.52. The number of carbonyl (C=O) groups excluding carboxylic acids is 2. The Hall–Kier alpha value is -3.03. The van der Waals surface area contributed by atoms with Crippen LogP contribution in [-0.4, -0.2) is 57.7 Å². The number of rotatable bonds is 12. The molecule has 1 fully saturated rings. The summed E-state index contributed by atoms with van der Waals surface area (Å²) in [6, 6.07) is 9.28. The van der Waals surface area contributed by atoms with Crippen LogP contribution in [0.25, 0.3) is 0 Å². The van der Waals surface area contributed by atoms with Crippen LogP contribution in [0.4, 0.5) is 14.6 Å². The summed E-state index contributed by atoms with van der Waals surface area (Å²) in [6.45, 7) is 3.89. The van der Waals surface area contributed by atoms with Gasteiger partial charge in [0.05, 0.1) is 31.3 Å². The molecule has 2 aromatic rings. The first kappa shape index (κ1) is 30.5. The molecule has 1 amide bonds. The van der Waals surface area contributed by atoms with E-state index in [9.17, 15) is 32.6 Å². The van der Waals surface area contributed by atoms with E-state index in [1.54, 1.807) is 51.1 Å². The van der Waals surface area contributed by atoms with Crippen molar-refractivity contribution in [2.75, 3.05) is 18.5 Å². The minimum absolute atomic E-state index is 0.0667. The summed E-state index contributed by atoms with van der Waals surface area (Å²) in [5.41, 5.74) is -0.793. The lowest BCUT2D eigenvalue weighted by molar-refractivity contribution is -0.152. The van der Waals surface area contributed by atoms with Crippen LogP contribution in [0.3, 0.4) is 0 Å². The molecule has 214 valence electrons. The van der Waals surface area contributed by atoms with Crippen molar-refractivity contribution in [3.05, 3.63) is 58.6 Å². The molecule has 2 N–H and O–H groups in total. The smallest absolute Gasteiger partial charge is 0.463 e. The molecule has 2 unspecified atom stereocenters. The van der Waals surface area contributed by atoms with E-state index >= 15 is 0 Å². The molecule has 1 aliphatic rings. The number of carbonyl (C=O) groups is 2. The number of benzene rings is 1. The van der Waals surface area contributed by atoms with Gasteiger partial charge in [-0.2, -0.15) is 4.98 Å². The Morgan fingerprint density at radius 2 is 1.92 bits per heavy atom. The number of hydrogen-bond donors (Lipinski definition) is 2. The third-order valence-corrected chi connectivity index (χ3v) is 6.51. The zero-order valence-corrected chi connectivity index (χ0v) is 22.4. The highest BCUT2D eigenvalue weighted by molar-refractivity contribution is 7.47. The molecule has 1 aromatic heterocycles. The summed E-state index contributed by atoms with van der Waals surface area (Å²) in [4.78, 5) is 50.0. The lowest BCUT2D eigenvalue weighted by Crippen LogP contribution is -2.35. The first-order chi connectivity index (χ1) is 18.3. The third kappa shape index (κ3) is 8.73. The van der Waals surface area contributed by atoms with E-state index in [2.05, 4.69) is 10.3 Å². The van der Waals surface area contributed by atoms with E-state index < -0.39 is 62.6 Å². The molecular weight excluding hydrogens is 543 g/mol. The van der Waals surface area contributed by atoms with Gasteiger partial charge in [-0.3, -0.25) is 23.2 Å². The molecule has 3 rings (SSSR count). The number of aromatic nitrogens is 2. The van der Waals surface area contributed by atoms with Crippen LogP contribution < -0.4 is 11.0 Å². The van der Waals surface area contributed by atoms with Crippen molar-refractivity contribution in [2.45, 2.75) is 58.0 Å². The number of nitrogens with one attached hydrogen (secondary N) is 1. The van der Waals surface area contributed by atoms with Crippen molar-refractivity contribution in [3.8, 4) is 0 Å². The SMILES string of the molecule is CC(C)OC(=O)[C@H](C)CCOP(=O)(O)OCC1CC(F)(F)[C@H](n2ccc(NC(=O)c3ccccc3)nc2=O)O1. The van der Waals surface area contributed by atoms with E-state index in [0.29, 0.717) is 10.1 Å². The van der Waals surface area contributed by atoms with Gasteiger partial charge < -0.3 is 19.7 Å². The lowest BCUT2D eigenvalue weighted by Gasteiger charge is -2.20. The molecule has 0 aliphatic carbocycles. The fourth-order valence-corrected chi connectivity index (χ4v) is 4.33. The Labute approximate surface area is 222 Å². The van der Waals surface area contributed by atoms with Crippen molar-refractivity contribution in [2.24, 2.45) is 5.92 Å². The van der Waals surface area contributed by atoms with Crippen LogP contribution in [0.15, 0.2) is 47.4 Å². The molecule has 15 heteroatoms. The van der Waals surface area contributed by atoms with Crippen molar-refractivity contribution < 1.29 is 46.3 Å². The van der Waals surface area contributed by atoms with E-state index in [4.69, 9.17) is 18.5 Å². The summed E-state index contributed by atoms with van der Waals surface area (Å²) in [5.74, 6) is -5.32. The van der Waals surface area contributed by atoms with Crippen LogP contribution in [0, 0.1) is 5.92 Å². The Bertz CT molecular complexity index is 1260. The molecule has 1 saturated heterocycles. The maximum absolute atomic E-state index is 14.7. The van der Waals surface area contributed by atoms with Gasteiger partial charge in [-0.15, -0.1) is 0 Å². The number of phosphoric ester groups is 1. The number of hydrogen-bond acceptors (Lipinski definition) is 9. The molecule has 4 atom stereocenters. The normalized spacial score (nSPS) is 20.8. The molecule has 2 heterocycles. The van der Waals surface area contributed by atoms with E-state index in [1.807, 2.05) is 0 Å². The number of alkyl halides is 2. The van der Waals surface area contributed by atoms with Crippen molar-refractivity contribution in [3.63, 3.8) is 0 Å². The number of amides is 1. The fraction of sp³-hybridized carbons (Fsp3) is 0.500. The standard InChI is InChI=1S/C24H30F2N3O9P/c1-15(2)37-21(31)16(3)10-12-35-39(33,34)36-14-18-13-24(25,26)22(38-18)29-11-9-19(28-23(29)32)27-20(30)17-7-5-4-6-8-17/h4-9,11,15-16,18,22H,10,12-14H2,1-3H3,(H,33,34)(H,27,28,30,32)/t16-,18?,22-/m1/s1. The Morgan fingerprint density at radius 3 is 2.56 bits per heavy atom. The van der Waals surface area contributed by atoms with Crippen LogP contribution >= 0.6 is 7.82 Å². The number of halogens is 2. The van der Waals surface area contributed by atoms with Crippen molar-refractivity contribution in [1.82, 2.24) is 9.55 Å². The van der Waals surface area contributed by atoms with Gasteiger partial charge in [0, 0.05) is 18.2 Å². The quantitative estimate of drug-likeness (QED) is 0.285. The number of esters is 1. The summed E-state index contributed by atoms with van der Waals surface area (Å²) in [5, 5.41) is 2.41. The van der Waals surface area contributed by atoms with Gasteiger partial charge in [0.1, 0.15) is 5.82 Å². The van der Waals surface area contributed by atoms with Crippen LogP contribution in [0.1, 0.15) is 50.2 Å². The fourth-order valence-electron chi connectivity index (χ4n) is 3.57. The van der Waals surface area contributed by atoms with Gasteiger partial charge in [0.25, 0.3) is 11.8 Å². The lowest BCUT2D eigenvalue weighted by atomic mass is 10.1.